The lowest BCUT2D eigenvalue weighted by atomic mass is 9.88. The molecule has 0 fully saturated rings. The second-order valence-corrected chi connectivity index (χ2v) is 8.74. The molecule has 30 heavy (non-hydrogen) atoms. The number of aryl methyl sites for hydroxylation is 1. The average Bonchev–Trinajstić information content (AvgIpc) is 2.72. The minimum atomic E-state index is -0.306. The van der Waals surface area contributed by atoms with Crippen LogP contribution >= 0.6 is 15.9 Å². The Morgan fingerprint density at radius 3 is 2.43 bits per heavy atom. The molecule has 0 bridgehead atoms. The zero-order valence-electron chi connectivity index (χ0n) is 17.8. The lowest BCUT2D eigenvalue weighted by molar-refractivity contribution is -0.118. The zero-order valence-corrected chi connectivity index (χ0v) is 19.4. The summed E-state index contributed by atoms with van der Waals surface area (Å²) in [5.74, 6) is 0.747. The number of benzene rings is 2. The smallest absolute Gasteiger partial charge is 0.232 e. The van der Waals surface area contributed by atoms with E-state index in [4.69, 9.17) is 4.74 Å². The highest BCUT2D eigenvalue weighted by molar-refractivity contribution is 9.10. The summed E-state index contributed by atoms with van der Waals surface area (Å²) in [4.78, 5) is 17.5. The van der Waals surface area contributed by atoms with Crippen molar-refractivity contribution in [2.24, 2.45) is 5.92 Å². The first-order valence-electron chi connectivity index (χ1n) is 10.0. The van der Waals surface area contributed by atoms with E-state index in [-0.39, 0.29) is 11.8 Å². The maximum absolute atomic E-state index is 13.2. The van der Waals surface area contributed by atoms with Crippen LogP contribution in [0.3, 0.4) is 0 Å². The summed E-state index contributed by atoms with van der Waals surface area (Å²) >= 11 is 3.52. The van der Waals surface area contributed by atoms with Crippen LogP contribution in [0, 0.1) is 12.8 Å². The third kappa shape index (κ3) is 5.48. The Bertz CT molecular complexity index is 1020. The Balaban J connectivity index is 1.83. The molecule has 1 atom stereocenters. The fourth-order valence-electron chi connectivity index (χ4n) is 3.52. The summed E-state index contributed by atoms with van der Waals surface area (Å²) in [5, 5.41) is 3.08. The Labute approximate surface area is 186 Å². The molecule has 1 unspecified atom stereocenters. The van der Waals surface area contributed by atoms with Gasteiger partial charge in [0.15, 0.2) is 0 Å². The lowest BCUT2D eigenvalue weighted by Gasteiger charge is -2.21. The largest absolute Gasteiger partial charge is 0.496 e. The average molecular weight is 467 g/mol. The molecule has 0 aliphatic carbocycles. The van der Waals surface area contributed by atoms with E-state index in [1.807, 2.05) is 67.7 Å². The predicted octanol–water partition coefficient (Wildman–Crippen LogP) is 6.60. The van der Waals surface area contributed by atoms with Crippen molar-refractivity contribution in [3.05, 3.63) is 76.5 Å². The fourth-order valence-corrected chi connectivity index (χ4v) is 3.90. The van der Waals surface area contributed by atoms with Crippen molar-refractivity contribution in [1.82, 2.24) is 4.98 Å². The van der Waals surface area contributed by atoms with Gasteiger partial charge in [0.25, 0.3) is 0 Å². The molecule has 156 valence electrons. The third-order valence-electron chi connectivity index (χ3n) is 4.97. The first kappa shape index (κ1) is 22.0. The van der Waals surface area contributed by atoms with Crippen LogP contribution in [0.1, 0.15) is 37.4 Å². The van der Waals surface area contributed by atoms with Gasteiger partial charge in [-0.2, -0.15) is 0 Å². The molecule has 0 aliphatic heterocycles. The highest BCUT2D eigenvalue weighted by atomic mass is 79.9. The molecular formula is C25H27BrN2O2. The Kier molecular flexibility index (Phi) is 7.27. The highest BCUT2D eigenvalue weighted by Crippen LogP contribution is 2.34. The second kappa shape index (κ2) is 9.90. The van der Waals surface area contributed by atoms with E-state index in [9.17, 15) is 4.79 Å². The van der Waals surface area contributed by atoms with Crippen LogP contribution in [0.5, 0.6) is 5.75 Å². The number of rotatable bonds is 7. The molecule has 0 radical (unpaired) electrons. The van der Waals surface area contributed by atoms with E-state index < -0.39 is 0 Å². The number of halogens is 1. The standard InChI is InChI=1S/C25H27BrN2O2/c1-16(2)13-23(22-15-20(26)7-10-24(22)30-4)25(29)28-21-8-5-18(6-9-21)19-11-12-27-17(3)14-19/h5-12,14-16,23H,13H2,1-4H3,(H,28,29). The summed E-state index contributed by atoms with van der Waals surface area (Å²) in [5.41, 5.74) is 4.84. The summed E-state index contributed by atoms with van der Waals surface area (Å²) in [6.45, 7) is 6.22. The summed E-state index contributed by atoms with van der Waals surface area (Å²) in [6, 6.07) is 17.7. The molecular weight excluding hydrogens is 440 g/mol. The monoisotopic (exact) mass is 466 g/mol. The van der Waals surface area contributed by atoms with Crippen molar-refractivity contribution in [3.63, 3.8) is 0 Å². The molecule has 1 N–H and O–H groups in total. The van der Waals surface area contributed by atoms with Gasteiger partial charge in [0.2, 0.25) is 5.91 Å². The van der Waals surface area contributed by atoms with Gasteiger partial charge >= 0.3 is 0 Å². The Morgan fingerprint density at radius 2 is 1.80 bits per heavy atom. The zero-order chi connectivity index (χ0) is 21.7. The van der Waals surface area contributed by atoms with Crippen LogP contribution in [0.15, 0.2) is 65.3 Å². The number of pyridine rings is 1. The lowest BCUT2D eigenvalue weighted by Crippen LogP contribution is -2.23. The fraction of sp³-hybridized carbons (Fsp3) is 0.280. The van der Waals surface area contributed by atoms with Crippen molar-refractivity contribution in [1.29, 1.82) is 0 Å². The third-order valence-corrected chi connectivity index (χ3v) is 5.47. The van der Waals surface area contributed by atoms with E-state index in [0.717, 1.165) is 44.7 Å². The van der Waals surface area contributed by atoms with Gasteiger partial charge in [-0.15, -0.1) is 0 Å². The van der Waals surface area contributed by atoms with Crippen LogP contribution in [-0.2, 0) is 4.79 Å². The van der Waals surface area contributed by atoms with Crippen LogP contribution in [0.25, 0.3) is 11.1 Å². The molecule has 3 aromatic rings. The molecule has 1 aromatic heterocycles. The quantitative estimate of drug-likeness (QED) is 0.426. The van der Waals surface area contributed by atoms with Crippen molar-refractivity contribution >= 4 is 27.5 Å². The molecule has 1 amide bonds. The molecule has 1 heterocycles. The van der Waals surface area contributed by atoms with Crippen molar-refractivity contribution in [2.75, 3.05) is 12.4 Å². The van der Waals surface area contributed by atoms with Crippen LogP contribution in [0.4, 0.5) is 5.69 Å². The number of anilines is 1. The van der Waals surface area contributed by atoms with Crippen molar-refractivity contribution in [3.8, 4) is 16.9 Å². The van der Waals surface area contributed by atoms with Gasteiger partial charge in [-0.3, -0.25) is 9.78 Å². The van der Waals surface area contributed by atoms with Gasteiger partial charge in [-0.05, 0) is 72.9 Å². The van der Waals surface area contributed by atoms with E-state index in [0.29, 0.717) is 5.92 Å². The molecule has 0 aliphatic rings. The van der Waals surface area contributed by atoms with Crippen molar-refractivity contribution in [2.45, 2.75) is 33.1 Å². The first-order chi connectivity index (χ1) is 14.4. The van der Waals surface area contributed by atoms with Gasteiger partial charge in [0, 0.05) is 27.6 Å². The van der Waals surface area contributed by atoms with Gasteiger partial charge in [0.1, 0.15) is 5.75 Å². The molecule has 5 heteroatoms. The minimum Gasteiger partial charge on any atom is -0.496 e. The van der Waals surface area contributed by atoms with E-state index in [2.05, 4.69) is 40.1 Å². The highest BCUT2D eigenvalue weighted by Gasteiger charge is 2.25. The summed E-state index contributed by atoms with van der Waals surface area (Å²) in [6.07, 6.45) is 2.54. The number of methoxy groups -OCH3 is 1. The van der Waals surface area contributed by atoms with Gasteiger partial charge in [-0.1, -0.05) is 41.9 Å². The van der Waals surface area contributed by atoms with Crippen LogP contribution < -0.4 is 10.1 Å². The summed E-state index contributed by atoms with van der Waals surface area (Å²) in [7, 11) is 1.64. The maximum Gasteiger partial charge on any atom is 0.232 e. The van der Waals surface area contributed by atoms with E-state index in [1.165, 1.54) is 0 Å². The topological polar surface area (TPSA) is 51.2 Å². The molecule has 2 aromatic carbocycles. The number of aromatic nitrogens is 1. The number of hydrogen-bond acceptors (Lipinski definition) is 3. The SMILES string of the molecule is COc1ccc(Br)cc1C(CC(C)C)C(=O)Nc1ccc(-c2ccnc(C)c2)cc1. The normalized spacial score (nSPS) is 11.9. The predicted molar refractivity (Wildman–Crippen MR) is 126 cm³/mol. The molecule has 3 rings (SSSR count). The number of amides is 1. The molecule has 0 saturated carbocycles. The summed E-state index contributed by atoms with van der Waals surface area (Å²) < 4.78 is 6.46. The maximum atomic E-state index is 13.2. The van der Waals surface area contributed by atoms with Gasteiger partial charge in [0.05, 0.1) is 13.0 Å². The van der Waals surface area contributed by atoms with Gasteiger partial charge in [-0.25, -0.2) is 0 Å². The number of nitrogens with zero attached hydrogens (tertiary/aromatic N) is 1. The molecule has 0 spiro atoms. The van der Waals surface area contributed by atoms with Crippen molar-refractivity contribution < 1.29 is 9.53 Å². The van der Waals surface area contributed by atoms with E-state index >= 15 is 0 Å². The first-order valence-corrected chi connectivity index (χ1v) is 10.8. The molecule has 4 nitrogen and oxygen atoms in total. The second-order valence-electron chi connectivity index (χ2n) is 7.82. The van der Waals surface area contributed by atoms with Crippen LogP contribution in [0.2, 0.25) is 0 Å². The number of nitrogens with one attached hydrogen (secondary N) is 1. The molecule has 0 saturated heterocycles. The minimum absolute atomic E-state index is 0.0346. The number of hydrogen-bond donors (Lipinski definition) is 1. The van der Waals surface area contributed by atoms with Crippen LogP contribution in [-0.4, -0.2) is 18.0 Å². The van der Waals surface area contributed by atoms with Gasteiger partial charge < -0.3 is 10.1 Å². The Morgan fingerprint density at radius 1 is 1.07 bits per heavy atom. The number of ether oxygens (including phenoxy) is 1. The Hall–Kier alpha value is -2.66. The van der Waals surface area contributed by atoms with E-state index in [1.54, 1.807) is 7.11 Å². The number of carbonyl (C=O) groups excluding carboxylic acids is 1. The number of carbonyl (C=O) groups is 1.